The molecular formula is C13H20N4O2. The lowest BCUT2D eigenvalue weighted by atomic mass is 10.1. The number of hydrogen-bond donors (Lipinski definition) is 3. The molecule has 0 spiro atoms. The number of likely N-dealkylation sites (N-methyl/N-ethyl adjacent to an activating group) is 1. The molecule has 104 valence electrons. The molecule has 0 atom stereocenters. The number of nitrogens with two attached hydrogens (primary N) is 2. The van der Waals surface area contributed by atoms with E-state index in [0.29, 0.717) is 24.5 Å². The average Bonchev–Trinajstić information content (AvgIpc) is 2.38. The number of para-hydroxylation sites is 1. The molecule has 6 heteroatoms. The van der Waals surface area contributed by atoms with Crippen LogP contribution in [-0.2, 0) is 4.79 Å². The van der Waals surface area contributed by atoms with Crippen LogP contribution < -0.4 is 16.8 Å². The van der Waals surface area contributed by atoms with E-state index in [4.69, 9.17) is 11.5 Å². The van der Waals surface area contributed by atoms with Crippen molar-refractivity contribution >= 4 is 23.2 Å². The van der Waals surface area contributed by atoms with Crippen LogP contribution in [0.5, 0.6) is 0 Å². The van der Waals surface area contributed by atoms with E-state index in [0.717, 1.165) is 0 Å². The number of rotatable bonds is 6. The molecule has 19 heavy (non-hydrogen) atoms. The maximum Gasteiger partial charge on any atom is 0.250 e. The highest BCUT2D eigenvalue weighted by Crippen LogP contribution is 2.22. The third-order valence-electron chi connectivity index (χ3n) is 2.89. The van der Waals surface area contributed by atoms with Crippen molar-refractivity contribution in [3.63, 3.8) is 0 Å². The van der Waals surface area contributed by atoms with E-state index in [1.165, 1.54) is 0 Å². The molecule has 1 aromatic rings. The zero-order valence-electron chi connectivity index (χ0n) is 11.3. The maximum absolute atomic E-state index is 11.9. The highest BCUT2D eigenvalue weighted by Gasteiger charge is 2.14. The molecule has 0 aliphatic rings. The van der Waals surface area contributed by atoms with Crippen LogP contribution in [0.25, 0.3) is 0 Å². The van der Waals surface area contributed by atoms with Crippen LogP contribution in [0.15, 0.2) is 18.2 Å². The van der Waals surface area contributed by atoms with Gasteiger partial charge >= 0.3 is 0 Å². The number of benzene rings is 1. The molecule has 0 bridgehead atoms. The summed E-state index contributed by atoms with van der Waals surface area (Å²) in [4.78, 5) is 24.9. The molecule has 5 N–H and O–H groups in total. The Hall–Kier alpha value is -2.24. The van der Waals surface area contributed by atoms with E-state index in [-0.39, 0.29) is 18.0 Å². The molecular weight excluding hydrogens is 244 g/mol. The summed E-state index contributed by atoms with van der Waals surface area (Å²) in [6.07, 6.45) is 0. The van der Waals surface area contributed by atoms with Crippen molar-refractivity contribution in [2.75, 3.05) is 30.7 Å². The first-order valence-corrected chi connectivity index (χ1v) is 6.21. The minimum Gasteiger partial charge on any atom is -0.397 e. The van der Waals surface area contributed by atoms with E-state index >= 15 is 0 Å². The molecule has 1 rings (SSSR count). The molecule has 0 aromatic heterocycles. The molecule has 0 aliphatic heterocycles. The summed E-state index contributed by atoms with van der Waals surface area (Å²) in [6, 6.07) is 4.87. The molecule has 2 amide bonds. The smallest absolute Gasteiger partial charge is 0.250 e. The number of carbonyl (C=O) groups is 2. The zero-order valence-corrected chi connectivity index (χ0v) is 11.3. The minimum atomic E-state index is -0.579. The van der Waals surface area contributed by atoms with Crippen LogP contribution in [0.3, 0.4) is 0 Å². The Balaban J connectivity index is 2.83. The van der Waals surface area contributed by atoms with E-state index in [1.54, 1.807) is 23.1 Å². The highest BCUT2D eigenvalue weighted by atomic mass is 16.2. The van der Waals surface area contributed by atoms with Gasteiger partial charge in [-0.3, -0.25) is 9.59 Å². The van der Waals surface area contributed by atoms with Gasteiger partial charge in [0.2, 0.25) is 5.91 Å². The van der Waals surface area contributed by atoms with Gasteiger partial charge in [-0.25, -0.2) is 0 Å². The van der Waals surface area contributed by atoms with Gasteiger partial charge in [0.25, 0.3) is 5.91 Å². The van der Waals surface area contributed by atoms with Crippen LogP contribution >= 0.6 is 0 Å². The number of primary amides is 1. The number of carbonyl (C=O) groups excluding carboxylic acids is 2. The maximum atomic E-state index is 11.9. The lowest BCUT2D eigenvalue weighted by Crippen LogP contribution is -2.35. The third-order valence-corrected chi connectivity index (χ3v) is 2.89. The molecule has 0 heterocycles. The molecule has 6 nitrogen and oxygen atoms in total. The van der Waals surface area contributed by atoms with Gasteiger partial charge in [-0.1, -0.05) is 6.07 Å². The van der Waals surface area contributed by atoms with Crippen LogP contribution in [0.4, 0.5) is 11.4 Å². The first-order valence-electron chi connectivity index (χ1n) is 6.21. The standard InChI is InChI=1S/C13H20N4O2/c1-3-17(4-2)11(18)8-16-12-9(13(15)19)6-5-7-10(12)14/h5-7,16H,3-4,8,14H2,1-2H3,(H2,15,19). The Morgan fingerprint density at radius 2 is 1.89 bits per heavy atom. The predicted octanol–water partition coefficient (Wildman–Crippen LogP) is 0.648. The second-order valence-electron chi connectivity index (χ2n) is 4.05. The SMILES string of the molecule is CCN(CC)C(=O)CNc1c(N)cccc1C(N)=O. The summed E-state index contributed by atoms with van der Waals surface area (Å²) < 4.78 is 0. The summed E-state index contributed by atoms with van der Waals surface area (Å²) in [5.41, 5.74) is 12.2. The van der Waals surface area contributed by atoms with Gasteiger partial charge in [0.1, 0.15) is 0 Å². The number of hydrogen-bond acceptors (Lipinski definition) is 4. The lowest BCUT2D eigenvalue weighted by molar-refractivity contribution is -0.128. The summed E-state index contributed by atoms with van der Waals surface area (Å²) in [5.74, 6) is -0.631. The van der Waals surface area contributed by atoms with E-state index in [2.05, 4.69) is 5.32 Å². The Morgan fingerprint density at radius 3 is 2.42 bits per heavy atom. The van der Waals surface area contributed by atoms with Crippen LogP contribution in [0.1, 0.15) is 24.2 Å². The second-order valence-corrected chi connectivity index (χ2v) is 4.05. The lowest BCUT2D eigenvalue weighted by Gasteiger charge is -2.20. The summed E-state index contributed by atoms with van der Waals surface area (Å²) >= 11 is 0. The van der Waals surface area contributed by atoms with E-state index < -0.39 is 5.91 Å². The number of anilines is 2. The second kappa shape index (κ2) is 6.63. The largest absolute Gasteiger partial charge is 0.397 e. The number of nitrogens with zero attached hydrogens (tertiary/aromatic N) is 1. The Labute approximate surface area is 112 Å². The molecule has 0 unspecified atom stereocenters. The Morgan fingerprint density at radius 1 is 1.26 bits per heavy atom. The van der Waals surface area contributed by atoms with Crippen molar-refractivity contribution in [3.8, 4) is 0 Å². The molecule has 0 radical (unpaired) electrons. The van der Waals surface area contributed by atoms with E-state index in [1.807, 2.05) is 13.8 Å². The molecule has 1 aromatic carbocycles. The zero-order chi connectivity index (χ0) is 14.4. The molecule has 0 fully saturated rings. The molecule has 0 saturated heterocycles. The van der Waals surface area contributed by atoms with Gasteiger partial charge in [0.15, 0.2) is 0 Å². The van der Waals surface area contributed by atoms with Crippen molar-refractivity contribution < 1.29 is 9.59 Å². The topological polar surface area (TPSA) is 101 Å². The quantitative estimate of drug-likeness (QED) is 0.656. The van der Waals surface area contributed by atoms with Crippen LogP contribution in [0.2, 0.25) is 0 Å². The third kappa shape index (κ3) is 3.61. The van der Waals surface area contributed by atoms with Crippen molar-refractivity contribution in [1.82, 2.24) is 4.90 Å². The van der Waals surface area contributed by atoms with Crippen molar-refractivity contribution in [2.45, 2.75) is 13.8 Å². The molecule has 0 aliphatic carbocycles. The predicted molar refractivity (Wildman–Crippen MR) is 75.8 cm³/mol. The summed E-state index contributed by atoms with van der Waals surface area (Å²) in [5, 5.41) is 2.89. The van der Waals surface area contributed by atoms with Gasteiger partial charge in [0.05, 0.1) is 23.5 Å². The summed E-state index contributed by atoms with van der Waals surface area (Å²) in [7, 11) is 0. The van der Waals surface area contributed by atoms with Gasteiger partial charge in [-0.2, -0.15) is 0 Å². The van der Waals surface area contributed by atoms with Gasteiger partial charge < -0.3 is 21.7 Å². The number of nitrogen functional groups attached to an aromatic ring is 1. The summed E-state index contributed by atoms with van der Waals surface area (Å²) in [6.45, 7) is 5.18. The fraction of sp³-hybridized carbons (Fsp3) is 0.385. The fourth-order valence-electron chi connectivity index (χ4n) is 1.82. The first-order chi connectivity index (χ1) is 9.01. The van der Waals surface area contributed by atoms with Gasteiger partial charge in [-0.05, 0) is 26.0 Å². The number of amides is 2. The van der Waals surface area contributed by atoms with Gasteiger partial charge in [-0.15, -0.1) is 0 Å². The molecule has 0 saturated carbocycles. The monoisotopic (exact) mass is 264 g/mol. The number of nitrogens with one attached hydrogen (secondary N) is 1. The van der Waals surface area contributed by atoms with Crippen molar-refractivity contribution in [2.24, 2.45) is 5.73 Å². The Bertz CT molecular complexity index is 470. The fourth-order valence-corrected chi connectivity index (χ4v) is 1.82. The van der Waals surface area contributed by atoms with Crippen LogP contribution in [-0.4, -0.2) is 36.3 Å². The van der Waals surface area contributed by atoms with Crippen molar-refractivity contribution in [1.29, 1.82) is 0 Å². The van der Waals surface area contributed by atoms with Crippen LogP contribution in [0, 0.1) is 0 Å². The Kier molecular flexibility index (Phi) is 5.17. The van der Waals surface area contributed by atoms with Crippen molar-refractivity contribution in [3.05, 3.63) is 23.8 Å². The highest BCUT2D eigenvalue weighted by molar-refractivity contribution is 6.01. The van der Waals surface area contributed by atoms with E-state index in [9.17, 15) is 9.59 Å². The van der Waals surface area contributed by atoms with Gasteiger partial charge in [0, 0.05) is 13.1 Å². The minimum absolute atomic E-state index is 0.0522. The first kappa shape index (κ1) is 14.8. The normalized spacial score (nSPS) is 10.0. The average molecular weight is 264 g/mol.